The van der Waals surface area contributed by atoms with Gasteiger partial charge in [-0.15, -0.1) is 0 Å². The number of benzene rings is 2. The number of H-pyrrole nitrogens is 2. The molecule has 6 aromatic rings. The lowest BCUT2D eigenvalue weighted by Gasteiger charge is -2.08. The molecule has 2 aliphatic heterocycles. The molecule has 4 aromatic heterocycles. The number of hydrogen-bond acceptors (Lipinski definition) is 10. The van der Waals surface area contributed by atoms with Gasteiger partial charge in [-0.05, 0) is 56.2 Å². The number of imidazole rings is 2. The largest absolute Gasteiger partial charge is 0.310 e. The molecule has 0 bridgehead atoms. The summed E-state index contributed by atoms with van der Waals surface area (Å²) < 4.78 is 3.69. The second kappa shape index (κ2) is 13.2. The molecule has 4 N–H and O–H groups in total. The fraction of sp³-hybridized carbons (Fsp3) is 0.273. The number of amides is 2. The highest BCUT2D eigenvalue weighted by atomic mass is 16.2. The summed E-state index contributed by atoms with van der Waals surface area (Å²) in [6, 6.07) is 11.9. The van der Waals surface area contributed by atoms with Crippen molar-refractivity contribution in [2.75, 3.05) is 36.8 Å². The first kappa shape index (κ1) is 30.9. The highest BCUT2D eigenvalue weighted by Crippen LogP contribution is 2.22. The van der Waals surface area contributed by atoms with Crippen LogP contribution in [0.4, 0.5) is 11.6 Å². The topological polar surface area (TPSA) is 205 Å². The van der Waals surface area contributed by atoms with Crippen molar-refractivity contribution in [2.45, 2.75) is 19.8 Å². The first-order valence-corrected chi connectivity index (χ1v) is 15.7. The van der Waals surface area contributed by atoms with Crippen molar-refractivity contribution < 1.29 is 9.59 Å². The van der Waals surface area contributed by atoms with E-state index in [1.54, 1.807) is 41.0 Å². The Hall–Kier alpha value is -6.68. The average Bonchev–Trinajstić information content (AvgIpc) is 3.97. The van der Waals surface area contributed by atoms with Crippen LogP contribution in [0.5, 0.6) is 0 Å². The smallest absolute Gasteiger partial charge is 0.230 e. The van der Waals surface area contributed by atoms with Crippen molar-refractivity contribution in [2.24, 2.45) is 11.8 Å². The third-order valence-corrected chi connectivity index (χ3v) is 8.82. The number of anilines is 2. The van der Waals surface area contributed by atoms with Crippen molar-refractivity contribution in [3.05, 3.63) is 73.3 Å². The molecule has 8 rings (SSSR count). The van der Waals surface area contributed by atoms with Crippen molar-refractivity contribution in [3.63, 3.8) is 0 Å². The maximum Gasteiger partial charge on any atom is 0.230 e. The van der Waals surface area contributed by atoms with E-state index in [2.05, 4.69) is 53.4 Å². The van der Waals surface area contributed by atoms with Gasteiger partial charge in [0.15, 0.2) is 24.0 Å². The predicted octanol–water partition coefficient (Wildman–Crippen LogP) is 3.29. The highest BCUT2D eigenvalue weighted by Gasteiger charge is 2.29. The van der Waals surface area contributed by atoms with Gasteiger partial charge in [0, 0.05) is 54.0 Å². The van der Waals surface area contributed by atoms with Crippen LogP contribution in [0, 0.1) is 41.7 Å². The summed E-state index contributed by atoms with van der Waals surface area (Å²) in [5.74, 6) is 0.469. The predicted molar refractivity (Wildman–Crippen MR) is 179 cm³/mol. The molecule has 0 unspecified atom stereocenters. The van der Waals surface area contributed by atoms with Gasteiger partial charge in [0.1, 0.15) is 12.7 Å². The van der Waals surface area contributed by atoms with Crippen molar-refractivity contribution in [1.82, 2.24) is 49.3 Å². The summed E-state index contributed by atoms with van der Waals surface area (Å²) in [5, 5.41) is 39.6. The van der Waals surface area contributed by atoms with Crippen LogP contribution >= 0.6 is 0 Å². The van der Waals surface area contributed by atoms with Crippen LogP contribution in [-0.2, 0) is 9.59 Å². The molecule has 16 heteroatoms. The number of aromatic amines is 2. The Morgan fingerprint density at radius 1 is 0.837 bits per heavy atom. The van der Waals surface area contributed by atoms with Gasteiger partial charge in [0.2, 0.25) is 11.8 Å². The van der Waals surface area contributed by atoms with Gasteiger partial charge in [-0.3, -0.25) is 19.8 Å². The monoisotopic (exact) mass is 656 g/mol. The van der Waals surface area contributed by atoms with Crippen LogP contribution in [0.25, 0.3) is 33.2 Å². The number of rotatable bonds is 6. The van der Waals surface area contributed by atoms with E-state index >= 15 is 0 Å². The minimum absolute atomic E-state index is 0.0942. The molecule has 2 aromatic carbocycles. The minimum Gasteiger partial charge on any atom is -0.310 e. The van der Waals surface area contributed by atoms with Crippen LogP contribution < -0.4 is 10.6 Å². The van der Waals surface area contributed by atoms with Crippen LogP contribution in [0.3, 0.4) is 0 Å². The zero-order valence-corrected chi connectivity index (χ0v) is 26.5. The Labute approximate surface area is 280 Å². The number of aryl methyl sites for hydroxylation is 1. The molecule has 2 amide bonds. The molecule has 49 heavy (non-hydrogen) atoms. The van der Waals surface area contributed by atoms with Gasteiger partial charge in [0.05, 0.1) is 41.5 Å². The standard InChI is InChI=1S/C17H17N7O.C16H15N7O/c1-11-14-3-2-13(6-15(14)22-21-11)24-8-16(19-10-24)20-17(25)12-4-5-23(7-12)9-18;17-9-22-4-3-11(7-22)16(24)20-15-8-23(10-18-15)13-1-2-14-12(5-13)6-19-21-14/h2-3,6,8,10,12H,4-5,7H2,1H3,(H,20,25)(H,21,22);1-2,5-6,8,10-11H,3-4,7H2,(H,19,21)(H,20,24)/t12-;11-/m00/s1. The second-order valence-electron chi connectivity index (χ2n) is 12.1. The minimum atomic E-state index is -0.173. The third kappa shape index (κ3) is 6.61. The number of likely N-dealkylation sites (tertiary alicyclic amines) is 2. The van der Waals surface area contributed by atoms with Crippen molar-refractivity contribution in [1.29, 1.82) is 10.5 Å². The summed E-state index contributed by atoms with van der Waals surface area (Å²) in [6.07, 6.45) is 14.2. The summed E-state index contributed by atoms with van der Waals surface area (Å²) in [5.41, 5.74) is 4.74. The van der Waals surface area contributed by atoms with Crippen LogP contribution in [-0.4, -0.2) is 87.3 Å². The Morgan fingerprint density at radius 2 is 1.43 bits per heavy atom. The summed E-state index contributed by atoms with van der Waals surface area (Å²) in [6.45, 7) is 4.19. The molecule has 2 saturated heterocycles. The SMILES string of the molecule is Cc1[nH]nc2cc(-n3cnc(NC(=O)[C@H]4CCN(C#N)C4)c3)ccc12.N#CN1CC[C@H](C(=O)Nc2cn(-c3ccc4[nH]ncc4c3)cn2)C1. The second-order valence-corrected chi connectivity index (χ2v) is 12.1. The molecule has 2 aliphatic rings. The normalized spacial score (nSPS) is 17.0. The molecular formula is C33H32N14O2. The first-order chi connectivity index (χ1) is 23.9. The van der Waals surface area contributed by atoms with Gasteiger partial charge in [-0.2, -0.15) is 20.7 Å². The van der Waals surface area contributed by atoms with Crippen LogP contribution in [0.2, 0.25) is 0 Å². The number of hydrogen-bond donors (Lipinski definition) is 4. The lowest BCUT2D eigenvalue weighted by atomic mass is 10.1. The number of fused-ring (bicyclic) bond motifs is 2. The number of nitrogens with one attached hydrogen (secondary N) is 4. The first-order valence-electron chi connectivity index (χ1n) is 15.7. The Bertz CT molecular complexity index is 2230. The molecule has 0 spiro atoms. The molecule has 0 radical (unpaired) electrons. The van der Waals surface area contributed by atoms with Gasteiger partial charge in [0.25, 0.3) is 0 Å². The fourth-order valence-corrected chi connectivity index (χ4v) is 6.03. The van der Waals surface area contributed by atoms with Gasteiger partial charge in [-0.1, -0.05) is 0 Å². The van der Waals surface area contributed by atoms with Crippen LogP contribution in [0.1, 0.15) is 18.5 Å². The molecular weight excluding hydrogens is 624 g/mol. The van der Waals surface area contributed by atoms with E-state index in [9.17, 15) is 9.59 Å². The van der Waals surface area contributed by atoms with Gasteiger partial charge < -0.3 is 29.6 Å². The van der Waals surface area contributed by atoms with E-state index in [-0.39, 0.29) is 23.7 Å². The van der Waals surface area contributed by atoms with E-state index in [4.69, 9.17) is 10.5 Å². The fourth-order valence-electron chi connectivity index (χ4n) is 6.03. The number of carbonyl (C=O) groups is 2. The van der Waals surface area contributed by atoms with Gasteiger partial charge >= 0.3 is 0 Å². The summed E-state index contributed by atoms with van der Waals surface area (Å²) in [7, 11) is 0. The maximum atomic E-state index is 12.3. The maximum absolute atomic E-state index is 12.3. The van der Waals surface area contributed by atoms with E-state index in [0.29, 0.717) is 50.7 Å². The van der Waals surface area contributed by atoms with E-state index in [1.807, 2.05) is 52.5 Å². The Morgan fingerprint density at radius 3 is 2.02 bits per heavy atom. The van der Waals surface area contributed by atoms with E-state index in [1.165, 1.54) is 0 Å². The average molecular weight is 657 g/mol. The summed E-state index contributed by atoms with van der Waals surface area (Å²) in [4.78, 5) is 36.2. The molecule has 0 aliphatic carbocycles. The number of nitriles is 2. The molecule has 2 fully saturated rings. The Kier molecular flexibility index (Phi) is 8.34. The zero-order chi connectivity index (χ0) is 33.9. The molecule has 6 heterocycles. The van der Waals surface area contributed by atoms with Gasteiger partial charge in [-0.25, -0.2) is 9.97 Å². The van der Waals surface area contributed by atoms with E-state index < -0.39 is 0 Å². The van der Waals surface area contributed by atoms with Crippen molar-refractivity contribution in [3.8, 4) is 23.8 Å². The number of nitrogens with zero attached hydrogens (tertiary/aromatic N) is 10. The Balaban J connectivity index is 0.000000154. The third-order valence-electron chi connectivity index (χ3n) is 8.82. The lowest BCUT2D eigenvalue weighted by Crippen LogP contribution is -2.25. The highest BCUT2D eigenvalue weighted by molar-refractivity contribution is 5.92. The zero-order valence-electron chi connectivity index (χ0n) is 26.5. The van der Waals surface area contributed by atoms with Crippen LogP contribution in [0.15, 0.2) is 67.6 Å². The summed E-state index contributed by atoms with van der Waals surface area (Å²) >= 11 is 0. The lowest BCUT2D eigenvalue weighted by molar-refractivity contribution is -0.120. The van der Waals surface area contributed by atoms with Crippen molar-refractivity contribution >= 4 is 45.3 Å². The molecule has 16 nitrogen and oxygen atoms in total. The molecule has 246 valence electrons. The number of aromatic nitrogens is 8. The number of carbonyl (C=O) groups excluding carboxylic acids is 2. The quantitative estimate of drug-likeness (QED) is 0.193. The molecule has 0 saturated carbocycles. The van der Waals surface area contributed by atoms with E-state index in [0.717, 1.165) is 38.9 Å². The molecule has 2 atom stereocenters.